The number of rotatable bonds is 7. The molecule has 1 rings (SSSR count). The van der Waals surface area contributed by atoms with Crippen molar-refractivity contribution >= 4 is 5.91 Å². The maximum Gasteiger partial charge on any atom is 0.221 e. The van der Waals surface area contributed by atoms with Crippen molar-refractivity contribution in [2.45, 2.75) is 25.5 Å². The molecule has 1 aromatic heterocycles. The predicted octanol–water partition coefficient (Wildman–Crippen LogP) is -0.903. The largest absolute Gasteiger partial charge is 0.387 e. The molecule has 0 fully saturated rings. The minimum absolute atomic E-state index is 0.107. The molecule has 7 heteroatoms. The summed E-state index contributed by atoms with van der Waals surface area (Å²) in [4.78, 5) is 13.4. The molecule has 0 aliphatic carbocycles. The third-order valence-corrected chi connectivity index (χ3v) is 2.36. The molecule has 1 unspecified atom stereocenters. The van der Waals surface area contributed by atoms with E-state index in [9.17, 15) is 9.90 Å². The Balaban J connectivity index is 2.24. The highest BCUT2D eigenvalue weighted by Gasteiger charge is 2.21. The minimum atomic E-state index is -0.924. The van der Waals surface area contributed by atoms with Gasteiger partial charge in [-0.1, -0.05) is 5.21 Å². The Kier molecular flexibility index (Phi) is 5.24. The second-order valence-electron chi connectivity index (χ2n) is 4.93. The van der Waals surface area contributed by atoms with Gasteiger partial charge in [0.2, 0.25) is 5.91 Å². The predicted molar refractivity (Wildman–Crippen MR) is 66.8 cm³/mol. The van der Waals surface area contributed by atoms with Crippen molar-refractivity contribution in [2.75, 3.05) is 27.2 Å². The van der Waals surface area contributed by atoms with Crippen LogP contribution in [-0.2, 0) is 11.3 Å². The van der Waals surface area contributed by atoms with Gasteiger partial charge in [-0.3, -0.25) is 9.48 Å². The lowest BCUT2D eigenvalue weighted by molar-refractivity contribution is -0.122. The summed E-state index contributed by atoms with van der Waals surface area (Å²) in [5.41, 5.74) is -0.924. The van der Waals surface area contributed by atoms with Crippen molar-refractivity contribution in [3.63, 3.8) is 0 Å². The lowest BCUT2D eigenvalue weighted by atomic mass is 10.1. The van der Waals surface area contributed by atoms with Crippen LogP contribution in [0.5, 0.6) is 0 Å². The number of likely N-dealkylation sites (N-methyl/N-ethyl adjacent to an activating group) is 1. The maximum atomic E-state index is 11.6. The average molecular weight is 255 g/mol. The highest BCUT2D eigenvalue weighted by atomic mass is 16.3. The van der Waals surface area contributed by atoms with Crippen molar-refractivity contribution in [3.05, 3.63) is 12.4 Å². The molecule has 102 valence electrons. The first-order valence-electron chi connectivity index (χ1n) is 5.87. The van der Waals surface area contributed by atoms with Crippen molar-refractivity contribution in [2.24, 2.45) is 0 Å². The Bertz CT molecular complexity index is 362. The zero-order chi connectivity index (χ0) is 13.6. The van der Waals surface area contributed by atoms with E-state index in [1.54, 1.807) is 24.0 Å². The summed E-state index contributed by atoms with van der Waals surface area (Å²) in [5.74, 6) is -0.107. The normalized spacial score (nSPS) is 14.5. The molecule has 1 atom stereocenters. The number of hydrogen-bond donors (Lipinski definition) is 2. The molecule has 0 saturated heterocycles. The number of nitrogens with one attached hydrogen (secondary N) is 1. The Hall–Kier alpha value is -1.47. The topological polar surface area (TPSA) is 83.3 Å². The van der Waals surface area contributed by atoms with E-state index in [2.05, 4.69) is 15.6 Å². The Morgan fingerprint density at radius 3 is 2.83 bits per heavy atom. The number of amides is 1. The first kappa shape index (κ1) is 14.6. The summed E-state index contributed by atoms with van der Waals surface area (Å²) < 4.78 is 1.59. The molecule has 1 aromatic rings. The van der Waals surface area contributed by atoms with Gasteiger partial charge >= 0.3 is 0 Å². The van der Waals surface area contributed by atoms with Crippen LogP contribution in [0, 0.1) is 0 Å². The SMILES string of the molecule is CN(C)CC(C)(O)CNC(=O)CCn1ccnn1. The molecule has 0 saturated carbocycles. The van der Waals surface area contributed by atoms with E-state index in [4.69, 9.17) is 0 Å². The van der Waals surface area contributed by atoms with Gasteiger partial charge in [-0.2, -0.15) is 0 Å². The highest BCUT2D eigenvalue weighted by molar-refractivity contribution is 5.75. The van der Waals surface area contributed by atoms with Crippen molar-refractivity contribution in [1.82, 2.24) is 25.2 Å². The van der Waals surface area contributed by atoms with Crippen LogP contribution in [-0.4, -0.2) is 63.7 Å². The summed E-state index contributed by atoms with van der Waals surface area (Å²) in [6.07, 6.45) is 3.59. The van der Waals surface area contributed by atoms with Gasteiger partial charge in [-0.15, -0.1) is 5.10 Å². The van der Waals surface area contributed by atoms with Crippen molar-refractivity contribution in [3.8, 4) is 0 Å². The van der Waals surface area contributed by atoms with Crippen molar-refractivity contribution in [1.29, 1.82) is 0 Å². The molecule has 0 aliphatic heterocycles. The molecule has 1 heterocycles. The monoisotopic (exact) mass is 255 g/mol. The number of carbonyl (C=O) groups excluding carboxylic acids is 1. The zero-order valence-electron chi connectivity index (χ0n) is 11.1. The van der Waals surface area contributed by atoms with Gasteiger partial charge in [0.05, 0.1) is 18.3 Å². The van der Waals surface area contributed by atoms with Gasteiger partial charge in [-0.05, 0) is 21.0 Å². The van der Waals surface area contributed by atoms with Gasteiger partial charge in [-0.25, -0.2) is 0 Å². The molecule has 0 bridgehead atoms. The lowest BCUT2D eigenvalue weighted by Crippen LogP contribution is -2.47. The fourth-order valence-corrected chi connectivity index (χ4v) is 1.68. The molecule has 18 heavy (non-hydrogen) atoms. The summed E-state index contributed by atoms with van der Waals surface area (Å²) >= 11 is 0. The van der Waals surface area contributed by atoms with Crippen LogP contribution in [0.2, 0.25) is 0 Å². The third-order valence-electron chi connectivity index (χ3n) is 2.36. The quantitative estimate of drug-likeness (QED) is 0.659. The number of aliphatic hydroxyl groups is 1. The Labute approximate surface area is 107 Å². The molecule has 0 aliphatic rings. The van der Waals surface area contributed by atoms with Crippen molar-refractivity contribution < 1.29 is 9.90 Å². The summed E-state index contributed by atoms with van der Waals surface area (Å²) in [7, 11) is 3.75. The van der Waals surface area contributed by atoms with Crippen LogP contribution in [0.25, 0.3) is 0 Å². The number of aromatic nitrogens is 3. The van der Waals surface area contributed by atoms with E-state index < -0.39 is 5.60 Å². The molecule has 1 amide bonds. The van der Waals surface area contributed by atoms with Crippen LogP contribution < -0.4 is 5.32 Å². The highest BCUT2D eigenvalue weighted by Crippen LogP contribution is 2.02. The van der Waals surface area contributed by atoms with Crippen LogP contribution in [0.15, 0.2) is 12.4 Å². The van der Waals surface area contributed by atoms with E-state index in [0.29, 0.717) is 19.5 Å². The van der Waals surface area contributed by atoms with Crippen LogP contribution in [0.1, 0.15) is 13.3 Å². The Morgan fingerprint density at radius 1 is 1.56 bits per heavy atom. The van der Waals surface area contributed by atoms with Gasteiger partial charge < -0.3 is 15.3 Å². The zero-order valence-corrected chi connectivity index (χ0v) is 11.1. The fourth-order valence-electron chi connectivity index (χ4n) is 1.68. The van der Waals surface area contributed by atoms with Crippen LogP contribution >= 0.6 is 0 Å². The van der Waals surface area contributed by atoms with Gasteiger partial charge in [0.1, 0.15) is 0 Å². The Morgan fingerprint density at radius 2 is 2.28 bits per heavy atom. The minimum Gasteiger partial charge on any atom is -0.387 e. The van der Waals surface area contributed by atoms with Gasteiger partial charge in [0, 0.05) is 25.7 Å². The molecule has 0 spiro atoms. The van der Waals surface area contributed by atoms with E-state index in [0.717, 1.165) is 0 Å². The third kappa shape index (κ3) is 5.74. The number of hydrogen-bond acceptors (Lipinski definition) is 5. The molecular formula is C11H21N5O2. The van der Waals surface area contributed by atoms with Crippen LogP contribution in [0.4, 0.5) is 0 Å². The number of aryl methyl sites for hydroxylation is 1. The van der Waals surface area contributed by atoms with Gasteiger partial charge in [0.15, 0.2) is 0 Å². The van der Waals surface area contributed by atoms with E-state index in [1.165, 1.54) is 0 Å². The molecular weight excluding hydrogens is 234 g/mol. The number of nitrogens with zero attached hydrogens (tertiary/aromatic N) is 4. The first-order chi connectivity index (χ1) is 8.39. The summed E-state index contributed by atoms with van der Waals surface area (Å²) in [6.45, 7) is 2.92. The standard InChI is InChI=1S/C11H21N5O2/c1-11(18,9-15(2)3)8-12-10(17)4-6-16-7-5-13-14-16/h5,7,18H,4,6,8-9H2,1-3H3,(H,12,17). The second-order valence-corrected chi connectivity index (χ2v) is 4.93. The lowest BCUT2D eigenvalue weighted by Gasteiger charge is -2.27. The summed E-state index contributed by atoms with van der Waals surface area (Å²) in [5, 5.41) is 20.1. The smallest absolute Gasteiger partial charge is 0.221 e. The molecule has 0 aromatic carbocycles. The molecule has 0 radical (unpaired) electrons. The fraction of sp³-hybridized carbons (Fsp3) is 0.727. The number of carbonyl (C=O) groups is 1. The van der Waals surface area contributed by atoms with Gasteiger partial charge in [0.25, 0.3) is 0 Å². The van der Waals surface area contributed by atoms with Crippen LogP contribution in [0.3, 0.4) is 0 Å². The van der Waals surface area contributed by atoms with E-state index in [1.807, 2.05) is 19.0 Å². The second kappa shape index (κ2) is 6.46. The molecule has 2 N–H and O–H groups in total. The first-order valence-corrected chi connectivity index (χ1v) is 5.87. The summed E-state index contributed by atoms with van der Waals surface area (Å²) in [6, 6.07) is 0. The maximum absolute atomic E-state index is 11.6. The van der Waals surface area contributed by atoms with E-state index >= 15 is 0 Å². The van der Waals surface area contributed by atoms with E-state index in [-0.39, 0.29) is 12.5 Å². The molecule has 7 nitrogen and oxygen atoms in total. The average Bonchev–Trinajstić information content (AvgIpc) is 2.74.